The molecule has 3 heterocycles. The lowest BCUT2D eigenvalue weighted by molar-refractivity contribution is 0.260. The summed E-state index contributed by atoms with van der Waals surface area (Å²) in [5.41, 5.74) is 1.64. The van der Waals surface area contributed by atoms with Gasteiger partial charge in [0.05, 0.1) is 11.9 Å². The lowest BCUT2D eigenvalue weighted by Gasteiger charge is -2.35. The molecule has 2 aromatic heterocycles. The molecule has 0 bridgehead atoms. The normalized spacial score (nSPS) is 15.9. The predicted molar refractivity (Wildman–Crippen MR) is 121 cm³/mol. The van der Waals surface area contributed by atoms with Crippen LogP contribution in [0.2, 0.25) is 0 Å². The highest BCUT2D eigenvalue weighted by atomic mass is 127. The largest absolute Gasteiger partial charge is 0.364 e. The second kappa shape index (κ2) is 10.9. The summed E-state index contributed by atoms with van der Waals surface area (Å²) in [6.45, 7) is 2.85. The summed E-state index contributed by atoms with van der Waals surface area (Å²) in [6, 6.07) is 1.57. The molecule has 29 heavy (non-hydrogen) atoms. The minimum atomic E-state index is -3.40. The molecule has 1 fully saturated rings. The molecule has 0 aliphatic carbocycles. The van der Waals surface area contributed by atoms with Crippen molar-refractivity contribution in [3.8, 4) is 0 Å². The molecule has 2 aromatic rings. The molecule has 0 saturated carbocycles. The Kier molecular flexibility index (Phi) is 8.89. The monoisotopic (exact) mass is 537 g/mol. The van der Waals surface area contributed by atoms with Crippen LogP contribution in [0.4, 0.5) is 0 Å². The molecule has 10 nitrogen and oxygen atoms in total. The molecule has 1 N–H and O–H groups in total. The quantitative estimate of drug-likeness (QED) is 0.240. The molecule has 0 aromatic carbocycles. The zero-order valence-electron chi connectivity index (χ0n) is 16.7. The maximum Gasteiger partial charge on any atom is 0.220 e. The SMILES string of the molecule is CN=C(NCCCc1cnn(C)c1)N1CCN(S(=O)(=O)Cc2ccon2)CC1.I. The van der Waals surface area contributed by atoms with Crippen LogP contribution in [0, 0.1) is 0 Å². The van der Waals surface area contributed by atoms with E-state index < -0.39 is 10.0 Å². The third kappa shape index (κ3) is 6.67. The lowest BCUT2D eigenvalue weighted by atomic mass is 10.2. The standard InChI is InChI=1S/C17H27N7O3S.HI/c1-18-17(19-6-3-4-15-12-20-22(2)13-15)23-7-9-24(10-8-23)28(25,26)14-16-5-11-27-21-16;/h5,11-13H,3-4,6-10,14H2,1-2H3,(H,18,19);1H. The van der Waals surface area contributed by atoms with Crippen LogP contribution < -0.4 is 5.32 Å². The van der Waals surface area contributed by atoms with Crippen LogP contribution in [0.25, 0.3) is 0 Å². The molecule has 1 aliphatic rings. The van der Waals surface area contributed by atoms with Crippen molar-refractivity contribution in [1.29, 1.82) is 0 Å². The van der Waals surface area contributed by atoms with E-state index in [1.165, 1.54) is 16.1 Å². The zero-order chi connectivity index (χ0) is 20.0. The first-order chi connectivity index (χ1) is 13.5. The maximum atomic E-state index is 12.5. The van der Waals surface area contributed by atoms with E-state index in [0.717, 1.165) is 25.3 Å². The molecule has 162 valence electrons. The van der Waals surface area contributed by atoms with Crippen LogP contribution in [0.1, 0.15) is 17.7 Å². The Hall–Kier alpha value is -1.67. The van der Waals surface area contributed by atoms with Crippen molar-refractivity contribution < 1.29 is 12.9 Å². The summed E-state index contributed by atoms with van der Waals surface area (Å²) in [6.07, 6.45) is 7.20. The fourth-order valence-electron chi connectivity index (χ4n) is 3.19. The number of aliphatic imine (C=N–C) groups is 1. The van der Waals surface area contributed by atoms with Gasteiger partial charge in [-0.25, -0.2) is 8.42 Å². The van der Waals surface area contributed by atoms with E-state index in [0.29, 0.717) is 31.9 Å². The van der Waals surface area contributed by atoms with Gasteiger partial charge in [0.15, 0.2) is 5.96 Å². The molecule has 0 atom stereocenters. The summed E-state index contributed by atoms with van der Waals surface area (Å²) in [5.74, 6) is 0.671. The number of piperazine rings is 1. The fraction of sp³-hybridized carbons (Fsp3) is 0.588. The topological polar surface area (TPSA) is 109 Å². The van der Waals surface area contributed by atoms with Gasteiger partial charge in [0.2, 0.25) is 10.0 Å². The highest BCUT2D eigenvalue weighted by Gasteiger charge is 2.28. The van der Waals surface area contributed by atoms with Crippen molar-refractivity contribution in [2.24, 2.45) is 12.0 Å². The van der Waals surface area contributed by atoms with Crippen molar-refractivity contribution in [3.63, 3.8) is 0 Å². The summed E-state index contributed by atoms with van der Waals surface area (Å²) >= 11 is 0. The lowest BCUT2D eigenvalue weighted by Crippen LogP contribution is -2.54. The van der Waals surface area contributed by atoms with Gasteiger partial charge >= 0.3 is 0 Å². The zero-order valence-corrected chi connectivity index (χ0v) is 19.8. The molecule has 0 unspecified atom stereocenters. The minimum absolute atomic E-state index is 0. The number of guanidine groups is 1. The first-order valence-electron chi connectivity index (χ1n) is 9.28. The Labute approximate surface area is 188 Å². The Morgan fingerprint density at radius 1 is 1.31 bits per heavy atom. The Bertz CT molecular complexity index is 875. The molecule has 12 heteroatoms. The van der Waals surface area contributed by atoms with Crippen molar-refractivity contribution >= 4 is 40.0 Å². The first kappa shape index (κ1) is 23.6. The second-order valence-corrected chi connectivity index (χ2v) is 8.70. The second-order valence-electron chi connectivity index (χ2n) is 6.73. The van der Waals surface area contributed by atoms with Crippen molar-refractivity contribution in [2.75, 3.05) is 39.8 Å². The van der Waals surface area contributed by atoms with Gasteiger partial charge in [0.25, 0.3) is 0 Å². The van der Waals surface area contributed by atoms with Gasteiger partial charge < -0.3 is 14.7 Å². The van der Waals surface area contributed by atoms with E-state index in [9.17, 15) is 8.42 Å². The smallest absolute Gasteiger partial charge is 0.220 e. The maximum absolute atomic E-state index is 12.5. The Morgan fingerprint density at radius 3 is 2.66 bits per heavy atom. The fourth-order valence-corrected chi connectivity index (χ4v) is 4.62. The summed E-state index contributed by atoms with van der Waals surface area (Å²) in [4.78, 5) is 6.42. The van der Waals surface area contributed by atoms with E-state index in [-0.39, 0.29) is 29.7 Å². The van der Waals surface area contributed by atoms with Gasteiger partial charge in [0.1, 0.15) is 12.0 Å². The van der Waals surface area contributed by atoms with Gasteiger partial charge in [-0.2, -0.15) is 9.40 Å². The van der Waals surface area contributed by atoms with E-state index in [2.05, 4.69) is 25.5 Å². The van der Waals surface area contributed by atoms with Gasteiger partial charge in [-0.15, -0.1) is 24.0 Å². The van der Waals surface area contributed by atoms with Crippen LogP contribution >= 0.6 is 24.0 Å². The number of aryl methyl sites for hydroxylation is 2. The Balaban J connectivity index is 0.00000300. The van der Waals surface area contributed by atoms with E-state index in [1.54, 1.807) is 17.8 Å². The average Bonchev–Trinajstić information content (AvgIpc) is 3.33. The van der Waals surface area contributed by atoms with E-state index >= 15 is 0 Å². The van der Waals surface area contributed by atoms with Crippen LogP contribution in [-0.2, 0) is 29.2 Å². The van der Waals surface area contributed by atoms with Gasteiger partial charge in [0, 0.05) is 59.1 Å². The number of halogens is 1. The van der Waals surface area contributed by atoms with Gasteiger partial charge in [-0.3, -0.25) is 9.67 Å². The summed E-state index contributed by atoms with van der Waals surface area (Å²) in [5, 5.41) is 11.2. The molecular weight excluding hydrogens is 509 g/mol. The summed E-state index contributed by atoms with van der Waals surface area (Å²) < 4.78 is 33.1. The third-order valence-corrected chi connectivity index (χ3v) is 6.46. The Morgan fingerprint density at radius 2 is 2.07 bits per heavy atom. The van der Waals surface area contributed by atoms with E-state index in [1.807, 2.05) is 19.4 Å². The number of nitrogens with one attached hydrogen (secondary N) is 1. The number of rotatable bonds is 7. The highest BCUT2D eigenvalue weighted by Crippen LogP contribution is 2.13. The molecular formula is C17H28IN7O3S. The molecule has 0 amide bonds. The molecule has 0 spiro atoms. The van der Waals surface area contributed by atoms with Crippen LogP contribution in [-0.4, -0.2) is 78.3 Å². The van der Waals surface area contributed by atoms with Crippen molar-refractivity contribution in [2.45, 2.75) is 18.6 Å². The highest BCUT2D eigenvalue weighted by molar-refractivity contribution is 14.0. The average molecular weight is 537 g/mol. The number of hydrogen-bond acceptors (Lipinski definition) is 6. The number of sulfonamides is 1. The van der Waals surface area contributed by atoms with Crippen LogP contribution in [0.15, 0.2) is 34.2 Å². The van der Waals surface area contributed by atoms with Gasteiger partial charge in [-0.1, -0.05) is 5.16 Å². The van der Waals surface area contributed by atoms with Crippen molar-refractivity contribution in [1.82, 2.24) is 29.5 Å². The summed E-state index contributed by atoms with van der Waals surface area (Å²) in [7, 11) is 0.263. The predicted octanol–water partition coefficient (Wildman–Crippen LogP) is 0.682. The molecule has 3 rings (SSSR count). The number of hydrogen-bond donors (Lipinski definition) is 1. The van der Waals surface area contributed by atoms with Crippen LogP contribution in [0.3, 0.4) is 0 Å². The third-order valence-electron chi connectivity index (χ3n) is 4.65. The van der Waals surface area contributed by atoms with Crippen molar-refractivity contribution in [3.05, 3.63) is 36.0 Å². The first-order valence-corrected chi connectivity index (χ1v) is 10.9. The van der Waals surface area contributed by atoms with Crippen LogP contribution in [0.5, 0.6) is 0 Å². The van der Waals surface area contributed by atoms with E-state index in [4.69, 9.17) is 4.52 Å². The number of aromatic nitrogens is 3. The van der Waals surface area contributed by atoms with Gasteiger partial charge in [-0.05, 0) is 18.4 Å². The molecule has 1 aliphatic heterocycles. The number of nitrogens with zero attached hydrogens (tertiary/aromatic N) is 6. The molecule has 1 saturated heterocycles. The molecule has 0 radical (unpaired) electrons. The minimum Gasteiger partial charge on any atom is -0.364 e.